The summed E-state index contributed by atoms with van der Waals surface area (Å²) in [5.74, 6) is 2.36. The second kappa shape index (κ2) is 5.26. The number of carbonyl (C=O) groups excluding carboxylic acids is 1. The Morgan fingerprint density at radius 1 is 1.29 bits per heavy atom. The maximum absolute atomic E-state index is 12.5. The second-order valence-electron chi connectivity index (χ2n) is 7.05. The smallest absolute Gasteiger partial charge is 0.324 e. The molecule has 1 aromatic rings. The van der Waals surface area contributed by atoms with E-state index < -0.39 is 12.7 Å². The van der Waals surface area contributed by atoms with E-state index in [0.717, 1.165) is 4.68 Å². The molecule has 2 amide bonds. The molecule has 1 saturated carbocycles. The van der Waals surface area contributed by atoms with E-state index in [-0.39, 0.29) is 11.8 Å². The van der Waals surface area contributed by atoms with E-state index in [2.05, 4.69) is 22.6 Å². The van der Waals surface area contributed by atoms with Gasteiger partial charge in [-0.2, -0.15) is 18.3 Å². The molecule has 0 spiro atoms. The summed E-state index contributed by atoms with van der Waals surface area (Å²) in [7, 11) is 0. The lowest BCUT2D eigenvalue weighted by atomic mass is 9.86. The molecule has 1 saturated heterocycles. The number of aryl methyl sites for hydroxylation is 1. The van der Waals surface area contributed by atoms with Gasteiger partial charge in [0.2, 0.25) is 0 Å². The van der Waals surface area contributed by atoms with Crippen LogP contribution in [0.15, 0.2) is 18.2 Å². The minimum Gasteiger partial charge on any atom is -0.324 e. The fourth-order valence-electron chi connectivity index (χ4n) is 4.41. The Balaban J connectivity index is 1.40. The number of hydrogen-bond acceptors (Lipinski definition) is 2. The average molecular weight is 340 g/mol. The van der Waals surface area contributed by atoms with Crippen LogP contribution in [0, 0.1) is 30.6 Å². The second-order valence-corrected chi connectivity index (χ2v) is 7.05. The van der Waals surface area contributed by atoms with Gasteiger partial charge in [0.05, 0.1) is 0 Å². The van der Waals surface area contributed by atoms with Crippen LogP contribution < -0.4 is 5.32 Å². The van der Waals surface area contributed by atoms with Crippen LogP contribution in [0.5, 0.6) is 0 Å². The minimum absolute atomic E-state index is 0.167. The van der Waals surface area contributed by atoms with Crippen LogP contribution in [-0.2, 0) is 6.54 Å². The normalized spacial score (nSPS) is 30.9. The van der Waals surface area contributed by atoms with Crippen molar-refractivity contribution < 1.29 is 18.0 Å². The first-order chi connectivity index (χ1) is 11.3. The molecule has 4 rings (SSSR count). The first-order valence-electron chi connectivity index (χ1n) is 8.15. The van der Waals surface area contributed by atoms with E-state index in [1.54, 1.807) is 4.90 Å². The summed E-state index contributed by atoms with van der Waals surface area (Å²) in [5, 5.41) is 6.48. The molecular weight excluding hydrogens is 321 g/mol. The fourth-order valence-corrected chi connectivity index (χ4v) is 4.41. The largest absolute Gasteiger partial charge is 0.408 e. The molecule has 0 aromatic carbocycles. The quantitative estimate of drug-likeness (QED) is 0.842. The summed E-state index contributed by atoms with van der Waals surface area (Å²) >= 11 is 0. The first-order valence-corrected chi connectivity index (χ1v) is 8.15. The van der Waals surface area contributed by atoms with Crippen LogP contribution in [0.3, 0.4) is 0 Å². The number of carbonyl (C=O) groups is 1. The van der Waals surface area contributed by atoms with E-state index in [1.165, 1.54) is 19.4 Å². The van der Waals surface area contributed by atoms with Crippen molar-refractivity contribution in [1.29, 1.82) is 0 Å². The van der Waals surface area contributed by atoms with Gasteiger partial charge >= 0.3 is 12.2 Å². The van der Waals surface area contributed by atoms with Crippen LogP contribution in [-0.4, -0.2) is 40.0 Å². The van der Waals surface area contributed by atoms with Crippen molar-refractivity contribution in [1.82, 2.24) is 14.7 Å². The number of nitrogens with zero attached hydrogens (tertiary/aromatic N) is 3. The molecule has 5 nitrogen and oxygen atoms in total. The van der Waals surface area contributed by atoms with Gasteiger partial charge in [-0.05, 0) is 37.0 Å². The number of allylic oxidation sites excluding steroid dienone is 2. The molecular formula is C16H19F3N4O. The zero-order chi connectivity index (χ0) is 17.1. The van der Waals surface area contributed by atoms with E-state index in [4.69, 9.17) is 0 Å². The molecule has 0 radical (unpaired) electrons. The maximum atomic E-state index is 12.5. The van der Waals surface area contributed by atoms with Crippen LogP contribution in [0.4, 0.5) is 23.8 Å². The first kappa shape index (κ1) is 15.5. The highest BCUT2D eigenvalue weighted by molar-refractivity contribution is 5.88. The molecule has 1 N–H and O–H groups in total. The Kier molecular flexibility index (Phi) is 3.40. The molecule has 8 heteroatoms. The SMILES string of the molecule is Cc1cc(NC(=O)N2C[C@@H]3C4C=CC(C4)[C@@H]3C2)nn1CC(F)(F)F. The molecule has 2 heterocycles. The van der Waals surface area contributed by atoms with E-state index in [0.29, 0.717) is 42.5 Å². The van der Waals surface area contributed by atoms with Gasteiger partial charge < -0.3 is 4.90 Å². The summed E-state index contributed by atoms with van der Waals surface area (Å²) < 4.78 is 38.3. The van der Waals surface area contributed by atoms with Crippen LogP contribution in [0.2, 0.25) is 0 Å². The van der Waals surface area contributed by atoms with Crippen LogP contribution in [0.1, 0.15) is 12.1 Å². The van der Waals surface area contributed by atoms with E-state index in [9.17, 15) is 18.0 Å². The summed E-state index contributed by atoms with van der Waals surface area (Å²) in [4.78, 5) is 14.2. The fraction of sp³-hybridized carbons (Fsp3) is 0.625. The Morgan fingerprint density at radius 2 is 1.92 bits per heavy atom. The van der Waals surface area contributed by atoms with Gasteiger partial charge in [0.1, 0.15) is 6.54 Å². The van der Waals surface area contributed by atoms with Crippen molar-refractivity contribution in [3.05, 3.63) is 23.9 Å². The number of aromatic nitrogens is 2. The van der Waals surface area contributed by atoms with Gasteiger partial charge in [0.25, 0.3) is 0 Å². The highest BCUT2D eigenvalue weighted by atomic mass is 19.4. The van der Waals surface area contributed by atoms with Crippen molar-refractivity contribution in [2.75, 3.05) is 18.4 Å². The van der Waals surface area contributed by atoms with Gasteiger partial charge in [0.15, 0.2) is 5.82 Å². The van der Waals surface area contributed by atoms with Crippen molar-refractivity contribution in [3.63, 3.8) is 0 Å². The number of alkyl halides is 3. The molecule has 2 unspecified atom stereocenters. The number of urea groups is 1. The lowest BCUT2D eigenvalue weighted by molar-refractivity contribution is -0.142. The standard InChI is InChI=1S/C16H19F3N4O/c1-9-4-14(21-23(9)8-16(17,18)19)20-15(24)22-6-12-10-2-3-11(5-10)13(12)7-22/h2-4,10-13H,5-8H2,1H3,(H,20,21,24)/t10?,11?,12-,13+. The zero-order valence-electron chi connectivity index (χ0n) is 13.3. The Hall–Kier alpha value is -1.99. The van der Waals surface area contributed by atoms with Crippen LogP contribution in [0.25, 0.3) is 0 Å². The summed E-state index contributed by atoms with van der Waals surface area (Å²) in [6, 6.07) is 1.19. The molecule has 130 valence electrons. The Bertz CT molecular complexity index is 676. The molecule has 2 bridgehead atoms. The summed E-state index contributed by atoms with van der Waals surface area (Å²) in [6.45, 7) is 1.81. The van der Waals surface area contributed by atoms with E-state index in [1.807, 2.05) is 0 Å². The topological polar surface area (TPSA) is 50.2 Å². The monoisotopic (exact) mass is 340 g/mol. The molecule has 1 aliphatic heterocycles. The Morgan fingerprint density at radius 3 is 2.50 bits per heavy atom. The highest BCUT2D eigenvalue weighted by Crippen LogP contribution is 2.51. The lowest BCUT2D eigenvalue weighted by Crippen LogP contribution is -2.34. The average Bonchev–Trinajstić information content (AvgIpc) is 3.19. The Labute approximate surface area is 137 Å². The number of rotatable bonds is 2. The lowest BCUT2D eigenvalue weighted by Gasteiger charge is -2.18. The van der Waals surface area contributed by atoms with Crippen molar-refractivity contribution >= 4 is 11.8 Å². The van der Waals surface area contributed by atoms with Gasteiger partial charge in [0, 0.05) is 24.8 Å². The number of halogens is 3. The predicted molar refractivity (Wildman–Crippen MR) is 81.3 cm³/mol. The molecule has 4 atom stereocenters. The summed E-state index contributed by atoms with van der Waals surface area (Å²) in [6.07, 6.45) is 1.38. The molecule has 24 heavy (non-hydrogen) atoms. The molecule has 3 aliphatic rings. The van der Waals surface area contributed by atoms with Gasteiger partial charge in [-0.15, -0.1) is 0 Å². The number of hydrogen-bond donors (Lipinski definition) is 1. The summed E-state index contributed by atoms with van der Waals surface area (Å²) in [5.41, 5.74) is 0.364. The highest BCUT2D eigenvalue weighted by Gasteiger charge is 2.50. The van der Waals surface area contributed by atoms with Gasteiger partial charge in [-0.3, -0.25) is 10.00 Å². The third kappa shape index (κ3) is 2.67. The van der Waals surface area contributed by atoms with Crippen LogP contribution >= 0.6 is 0 Å². The van der Waals surface area contributed by atoms with Crippen molar-refractivity contribution in [2.45, 2.75) is 26.1 Å². The zero-order valence-corrected chi connectivity index (χ0v) is 13.3. The van der Waals surface area contributed by atoms with Gasteiger partial charge in [-0.25, -0.2) is 4.79 Å². The maximum Gasteiger partial charge on any atom is 0.408 e. The molecule has 2 aliphatic carbocycles. The molecule has 1 aromatic heterocycles. The number of anilines is 1. The third-order valence-electron chi connectivity index (χ3n) is 5.49. The number of likely N-dealkylation sites (tertiary alicyclic amines) is 1. The van der Waals surface area contributed by atoms with Crippen molar-refractivity contribution in [3.8, 4) is 0 Å². The number of fused-ring (bicyclic) bond motifs is 5. The van der Waals surface area contributed by atoms with E-state index >= 15 is 0 Å². The number of amides is 2. The minimum atomic E-state index is -4.34. The third-order valence-corrected chi connectivity index (χ3v) is 5.49. The number of nitrogens with one attached hydrogen (secondary N) is 1. The predicted octanol–water partition coefficient (Wildman–Crippen LogP) is 3.04. The van der Waals surface area contributed by atoms with Gasteiger partial charge in [-0.1, -0.05) is 12.2 Å². The van der Waals surface area contributed by atoms with Crippen molar-refractivity contribution in [2.24, 2.45) is 23.7 Å². The molecule has 2 fully saturated rings.